The number of hydrogen-bond acceptors (Lipinski definition) is 20. The lowest BCUT2D eigenvalue weighted by molar-refractivity contribution is -0.630. The van der Waals surface area contributed by atoms with Gasteiger partial charge >= 0.3 is 65.4 Å². The summed E-state index contributed by atoms with van der Waals surface area (Å²) in [5, 5.41) is 18.6. The molecule has 2 N–H and O–H groups in total. The Morgan fingerprint density at radius 3 is 1.70 bits per heavy atom. The summed E-state index contributed by atoms with van der Waals surface area (Å²) in [5.74, 6) is -18.4. The third kappa shape index (κ3) is 1.46. The fourth-order valence-electron chi connectivity index (χ4n) is 4.04. The van der Waals surface area contributed by atoms with Gasteiger partial charge in [-0.2, -0.15) is 19.6 Å². The van der Waals surface area contributed by atoms with Crippen molar-refractivity contribution in [2.75, 3.05) is 0 Å². The highest BCUT2D eigenvalue weighted by atomic mass is 31.2. The molecule has 7 aliphatic rings. The highest BCUT2D eigenvalue weighted by Gasteiger charge is 3.13. The Bertz CT molecular complexity index is 1150. The predicted octanol–water partition coefficient (Wildman–Crippen LogP) is -0.383. The van der Waals surface area contributed by atoms with Crippen molar-refractivity contribution in [2.24, 2.45) is 0 Å². The number of phosphoric ester groups is 2. The average molecular weight is 518 g/mol. The zero-order chi connectivity index (χ0) is 21.3. The third-order valence-corrected chi connectivity index (χ3v) is 9.75. The van der Waals surface area contributed by atoms with E-state index in [0.29, 0.717) is 0 Å². The van der Waals surface area contributed by atoms with Gasteiger partial charge in [0.05, 0.1) is 0 Å². The minimum absolute atomic E-state index is 3.56. The molecule has 3 spiro atoms. The molecule has 0 amide bonds. The van der Waals surface area contributed by atoms with Crippen LogP contribution < -0.4 is 0 Å². The smallest absolute Gasteiger partial charge is 0.356 e. The summed E-state index contributed by atoms with van der Waals surface area (Å²) in [6.07, 6.45) is 0. The Morgan fingerprint density at radius 2 is 1.03 bits per heavy atom. The van der Waals surface area contributed by atoms with E-state index < -0.39 is 65.4 Å². The SMILES string of the molecule is O=P(=O)[C@]12OOP3(=O)OO[C@]45OP(=O)(O[C@]4(O)[C@@]4(O)OP6(=O)OO[C@]41O6)O[C@@]52OO3. The molecule has 30 heavy (non-hydrogen) atoms. The van der Waals surface area contributed by atoms with E-state index >= 15 is 0 Å². The van der Waals surface area contributed by atoms with Crippen LogP contribution in [0.5, 0.6) is 0 Å². The first kappa shape index (κ1) is 19.5. The second-order valence-corrected chi connectivity index (χ2v) is 11.8. The van der Waals surface area contributed by atoms with Crippen LogP contribution in [-0.2, 0) is 83.7 Å². The minimum Gasteiger partial charge on any atom is -0.356 e. The van der Waals surface area contributed by atoms with Gasteiger partial charge in [0.25, 0.3) is 0 Å². The number of aliphatic hydroxyl groups is 2. The highest BCUT2D eigenvalue weighted by molar-refractivity contribution is 7.50. The third-order valence-electron chi connectivity index (χ3n) is 5.13. The van der Waals surface area contributed by atoms with Gasteiger partial charge in [0, 0.05) is 0 Å². The Kier molecular flexibility index (Phi) is 3.01. The van der Waals surface area contributed by atoms with E-state index in [2.05, 4.69) is 23.6 Å². The van der Waals surface area contributed by atoms with Gasteiger partial charge in [-0.3, -0.25) is 0 Å². The van der Waals surface area contributed by atoms with Crippen molar-refractivity contribution < 1.29 is 93.9 Å². The zero-order valence-electron chi connectivity index (χ0n) is 13.0. The lowest BCUT2D eigenvalue weighted by atomic mass is 9.71. The van der Waals surface area contributed by atoms with Crippen molar-refractivity contribution in [2.45, 2.75) is 34.3 Å². The van der Waals surface area contributed by atoms with Crippen LogP contribution in [0.4, 0.5) is 0 Å². The van der Waals surface area contributed by atoms with Crippen LogP contribution in [0.3, 0.4) is 0 Å². The molecule has 3 unspecified atom stereocenters. The van der Waals surface area contributed by atoms with Gasteiger partial charge < -0.3 is 10.2 Å². The predicted molar refractivity (Wildman–Crippen MR) is 66.0 cm³/mol. The lowest BCUT2D eigenvalue weighted by Crippen LogP contribution is -2.94. The second-order valence-electron chi connectivity index (χ2n) is 6.47. The minimum atomic E-state index is -5.17. The molecule has 0 aromatic heterocycles. The molecule has 6 saturated heterocycles. The molecule has 6 bridgehead atoms. The first-order valence-electron chi connectivity index (χ1n) is 7.23. The number of rotatable bonds is 1. The van der Waals surface area contributed by atoms with Gasteiger partial charge in [0.2, 0.25) is 0 Å². The van der Waals surface area contributed by atoms with E-state index in [4.69, 9.17) is 37.3 Å². The summed E-state index contributed by atoms with van der Waals surface area (Å²) in [6.45, 7) is 0. The van der Waals surface area contributed by atoms with E-state index in [9.17, 15) is 33.0 Å². The van der Waals surface area contributed by atoms with Crippen LogP contribution in [0.1, 0.15) is 0 Å². The molecule has 7 fully saturated rings. The average Bonchev–Trinajstić information content (AvgIpc) is 3.21. The Morgan fingerprint density at radius 1 is 0.567 bits per heavy atom. The normalized spacial score (nSPS) is 69.1. The van der Waals surface area contributed by atoms with Crippen molar-refractivity contribution in [3.8, 4) is 0 Å². The maximum Gasteiger partial charge on any atom is 0.557 e. The molecule has 20 nitrogen and oxygen atoms in total. The maximum absolute atomic E-state index is 12.8. The maximum atomic E-state index is 12.8. The van der Waals surface area contributed by atoms with Gasteiger partial charge in [-0.1, -0.05) is 0 Å². The molecule has 7 rings (SSSR count). The van der Waals surface area contributed by atoms with E-state index in [1.807, 2.05) is 0 Å². The molecule has 6 heterocycles. The van der Waals surface area contributed by atoms with Crippen LogP contribution in [0.2, 0.25) is 0 Å². The fraction of sp³-hybridized carbons (Fsp3) is 1.00. The number of fused-ring (bicyclic) bond motifs is 5. The second kappa shape index (κ2) is 4.64. The Hall–Kier alpha value is -0.0100. The van der Waals surface area contributed by atoms with Crippen LogP contribution in [-0.4, -0.2) is 44.5 Å². The van der Waals surface area contributed by atoms with Crippen LogP contribution >= 0.6 is 31.1 Å². The molecule has 1 aliphatic carbocycles. The molecule has 0 aromatic rings. The van der Waals surface area contributed by atoms with Crippen LogP contribution in [0, 0.1) is 0 Å². The van der Waals surface area contributed by atoms with Gasteiger partial charge in [0.1, 0.15) is 0 Å². The number of hydrogen-bond donors (Lipinski definition) is 2. The van der Waals surface area contributed by atoms with Gasteiger partial charge in [-0.15, -0.1) is 18.7 Å². The number of phosphoric acid groups is 3. The first-order valence-corrected chi connectivity index (χ1v) is 12.8. The Balaban J connectivity index is 1.69. The highest BCUT2D eigenvalue weighted by Crippen LogP contribution is 2.92. The summed E-state index contributed by atoms with van der Waals surface area (Å²) in [4.78, 5) is 18.8. The molecular formula is C6H2O20P4. The molecular weight excluding hydrogens is 516 g/mol. The molecule has 24 heteroatoms. The van der Waals surface area contributed by atoms with Crippen molar-refractivity contribution in [3.05, 3.63) is 0 Å². The monoisotopic (exact) mass is 518 g/mol. The molecule has 0 radical (unpaired) electrons. The quantitative estimate of drug-likeness (QED) is 0.332. The van der Waals surface area contributed by atoms with Crippen molar-refractivity contribution >= 4 is 31.1 Å². The first-order chi connectivity index (χ1) is 13.8. The summed E-state index contributed by atoms with van der Waals surface area (Å²) < 4.78 is 104. The summed E-state index contributed by atoms with van der Waals surface area (Å²) in [7, 11) is -19.9. The van der Waals surface area contributed by atoms with Crippen molar-refractivity contribution in [1.29, 1.82) is 0 Å². The topological polar surface area (TPSA) is 246 Å². The van der Waals surface area contributed by atoms with Crippen molar-refractivity contribution in [1.82, 2.24) is 0 Å². The van der Waals surface area contributed by atoms with Gasteiger partial charge in [-0.25, -0.2) is 45.4 Å². The lowest BCUT2D eigenvalue weighted by Gasteiger charge is -2.60. The van der Waals surface area contributed by atoms with E-state index in [-0.39, 0.29) is 0 Å². The van der Waals surface area contributed by atoms with Crippen LogP contribution in [0.15, 0.2) is 0 Å². The van der Waals surface area contributed by atoms with Gasteiger partial charge in [-0.05, 0) is 0 Å². The molecule has 0 aromatic carbocycles. The van der Waals surface area contributed by atoms with Crippen LogP contribution in [0.25, 0.3) is 0 Å². The fourth-order valence-corrected chi connectivity index (χ4v) is 9.28. The Labute approximate surface area is 160 Å². The standard InChI is InChI=1S/C6H2O20P4/c7-1-2(8)4(15-23-29(12,19-2)21-4)6(27(9)10)5-3(1,20-28(11,18-1)22-5)14-24-30(13,25-16-5)26-17-6/h7-8H/t1-,2-,3+,4+,5+,6-,28?,29?,30?/m1/s1. The molecule has 6 aliphatic heterocycles. The molecule has 166 valence electrons. The molecule has 9 atom stereocenters. The van der Waals surface area contributed by atoms with E-state index in [1.54, 1.807) is 0 Å². The summed E-state index contributed by atoms with van der Waals surface area (Å²) in [5.41, 5.74) is 0. The summed E-state index contributed by atoms with van der Waals surface area (Å²) >= 11 is 0. The van der Waals surface area contributed by atoms with E-state index in [0.717, 1.165) is 0 Å². The zero-order valence-corrected chi connectivity index (χ0v) is 16.6. The largest absolute Gasteiger partial charge is 0.557 e. The van der Waals surface area contributed by atoms with E-state index in [1.165, 1.54) is 0 Å². The summed E-state index contributed by atoms with van der Waals surface area (Å²) in [6, 6.07) is 0. The molecule has 1 saturated carbocycles. The van der Waals surface area contributed by atoms with Gasteiger partial charge in [0.15, 0.2) is 0 Å². The van der Waals surface area contributed by atoms with Crippen molar-refractivity contribution in [3.63, 3.8) is 0 Å².